The molecule has 4 aromatic rings. The van der Waals surface area contributed by atoms with Crippen molar-refractivity contribution in [2.75, 3.05) is 19.2 Å². The van der Waals surface area contributed by atoms with Gasteiger partial charge in [0.05, 0.1) is 7.11 Å². The van der Waals surface area contributed by atoms with Crippen molar-refractivity contribution in [2.45, 2.75) is 18.3 Å². The van der Waals surface area contributed by atoms with Crippen molar-refractivity contribution >= 4 is 28.2 Å². The van der Waals surface area contributed by atoms with E-state index < -0.39 is 17.8 Å². The van der Waals surface area contributed by atoms with Crippen LogP contribution in [0.1, 0.15) is 34.9 Å². The van der Waals surface area contributed by atoms with Gasteiger partial charge in [0, 0.05) is 28.8 Å². The average Bonchev–Trinajstić information content (AvgIpc) is 3.44. The van der Waals surface area contributed by atoms with Crippen molar-refractivity contribution in [1.82, 2.24) is 0 Å². The molecule has 0 bridgehead atoms. The third-order valence-electron chi connectivity index (χ3n) is 7.95. The van der Waals surface area contributed by atoms with Crippen LogP contribution in [-0.2, 0) is 14.3 Å². The van der Waals surface area contributed by atoms with Gasteiger partial charge in [-0.2, -0.15) is 0 Å². The van der Waals surface area contributed by atoms with Crippen LogP contribution in [0.5, 0.6) is 11.5 Å². The Labute approximate surface area is 219 Å². The highest BCUT2D eigenvalue weighted by atomic mass is 16.7. The lowest BCUT2D eigenvalue weighted by molar-refractivity contribution is -0.149. The van der Waals surface area contributed by atoms with Gasteiger partial charge < -0.3 is 19.5 Å². The Hall–Kier alpha value is -4.58. The highest BCUT2D eigenvalue weighted by Gasteiger charge is 2.48. The lowest BCUT2D eigenvalue weighted by Gasteiger charge is -2.40. The van der Waals surface area contributed by atoms with Crippen LogP contribution in [0.2, 0.25) is 0 Å². The minimum atomic E-state index is -0.969. The molecule has 3 aliphatic rings. The molecular weight excluding hydrogens is 478 g/mol. The number of hydrogen-bond acceptors (Lipinski definition) is 6. The van der Waals surface area contributed by atoms with Gasteiger partial charge in [-0.1, -0.05) is 66.7 Å². The minimum absolute atomic E-state index is 0.156. The van der Waals surface area contributed by atoms with Crippen LogP contribution in [0.15, 0.2) is 96.2 Å². The first kappa shape index (κ1) is 22.6. The maximum absolute atomic E-state index is 14.5. The highest BCUT2D eigenvalue weighted by molar-refractivity contribution is 6.13. The van der Waals surface area contributed by atoms with Gasteiger partial charge in [-0.15, -0.1) is 0 Å². The number of carbonyl (C=O) groups excluding carboxylic acids is 2. The molecular formula is C32H25NO5. The molecule has 1 N–H and O–H groups in total. The molecule has 2 aliphatic heterocycles. The van der Waals surface area contributed by atoms with Gasteiger partial charge in [-0.05, 0) is 52.1 Å². The Balaban J connectivity index is 1.43. The summed E-state index contributed by atoms with van der Waals surface area (Å²) in [5, 5.41) is 5.78. The number of Topliss-reactive ketones (excluding diaryl/α,β-unsaturated/α-hetero) is 1. The second-order valence-corrected chi connectivity index (χ2v) is 9.90. The van der Waals surface area contributed by atoms with Crippen molar-refractivity contribution in [2.24, 2.45) is 5.92 Å². The summed E-state index contributed by atoms with van der Waals surface area (Å²) >= 11 is 0. The predicted molar refractivity (Wildman–Crippen MR) is 143 cm³/mol. The summed E-state index contributed by atoms with van der Waals surface area (Å²) in [5.41, 5.74) is 5.35. The third kappa shape index (κ3) is 3.40. The van der Waals surface area contributed by atoms with Crippen LogP contribution in [0, 0.1) is 5.92 Å². The summed E-state index contributed by atoms with van der Waals surface area (Å²) < 4.78 is 16.3. The smallest absolute Gasteiger partial charge is 0.317 e. The summed E-state index contributed by atoms with van der Waals surface area (Å²) in [6, 6.07) is 28.1. The fourth-order valence-electron chi connectivity index (χ4n) is 6.24. The van der Waals surface area contributed by atoms with Crippen LogP contribution in [0.25, 0.3) is 10.8 Å². The molecule has 38 heavy (non-hydrogen) atoms. The first-order valence-corrected chi connectivity index (χ1v) is 12.7. The Kier molecular flexibility index (Phi) is 5.22. The van der Waals surface area contributed by atoms with Crippen molar-refractivity contribution < 1.29 is 23.8 Å². The van der Waals surface area contributed by atoms with Crippen LogP contribution in [-0.4, -0.2) is 25.7 Å². The van der Waals surface area contributed by atoms with Gasteiger partial charge in [-0.3, -0.25) is 9.59 Å². The third-order valence-corrected chi connectivity index (χ3v) is 7.95. The minimum Gasteiger partial charge on any atom is -0.468 e. The van der Waals surface area contributed by atoms with Crippen LogP contribution in [0.3, 0.4) is 0 Å². The number of anilines is 1. The molecule has 3 atom stereocenters. The number of methoxy groups -OCH3 is 1. The molecule has 0 radical (unpaired) electrons. The molecule has 0 saturated heterocycles. The summed E-state index contributed by atoms with van der Waals surface area (Å²) in [7, 11) is 1.34. The molecule has 2 heterocycles. The molecule has 1 aliphatic carbocycles. The normalized spacial score (nSPS) is 21.5. The van der Waals surface area contributed by atoms with Crippen molar-refractivity contribution in [3.63, 3.8) is 0 Å². The largest absolute Gasteiger partial charge is 0.468 e. The Morgan fingerprint density at radius 1 is 0.895 bits per heavy atom. The summed E-state index contributed by atoms with van der Waals surface area (Å²) in [6.45, 7) is 0.156. The Morgan fingerprint density at radius 3 is 2.53 bits per heavy atom. The van der Waals surface area contributed by atoms with Gasteiger partial charge in [-0.25, -0.2) is 0 Å². The van der Waals surface area contributed by atoms with Gasteiger partial charge in [0.2, 0.25) is 6.79 Å². The number of fused-ring (bicyclic) bond motifs is 4. The second-order valence-electron chi connectivity index (χ2n) is 9.90. The van der Waals surface area contributed by atoms with Gasteiger partial charge in [0.15, 0.2) is 17.3 Å². The molecule has 6 heteroatoms. The zero-order valence-corrected chi connectivity index (χ0v) is 20.8. The second kappa shape index (κ2) is 8.77. The molecule has 0 saturated carbocycles. The number of ether oxygens (including phenoxy) is 3. The van der Waals surface area contributed by atoms with E-state index in [1.807, 2.05) is 48.5 Å². The number of allylic oxidation sites excluding steroid dienone is 2. The van der Waals surface area contributed by atoms with E-state index in [1.165, 1.54) is 7.11 Å². The molecule has 0 aromatic heterocycles. The Morgan fingerprint density at radius 2 is 1.68 bits per heavy atom. The number of nitrogens with one attached hydrogen (secondary N) is 1. The monoisotopic (exact) mass is 503 g/mol. The van der Waals surface area contributed by atoms with Gasteiger partial charge in [0.1, 0.15) is 5.92 Å². The first-order valence-electron chi connectivity index (χ1n) is 12.7. The van der Waals surface area contributed by atoms with Crippen molar-refractivity contribution in [1.29, 1.82) is 0 Å². The Bertz CT molecular complexity index is 1640. The maximum Gasteiger partial charge on any atom is 0.317 e. The maximum atomic E-state index is 14.5. The fourth-order valence-corrected chi connectivity index (χ4v) is 6.24. The SMILES string of the molecule is COC(=O)[C@@H]1C(=O)C2=C(C[C@@H]1c1ccc3c(c1)OCO3)Nc1ccc3ccccc3c1[C@@H]2c1ccccc1. The van der Waals surface area contributed by atoms with E-state index in [1.54, 1.807) is 0 Å². The van der Waals surface area contributed by atoms with Crippen LogP contribution >= 0.6 is 0 Å². The van der Waals surface area contributed by atoms with Crippen molar-refractivity contribution in [3.8, 4) is 11.5 Å². The quantitative estimate of drug-likeness (QED) is 0.276. The lowest BCUT2D eigenvalue weighted by atomic mass is 9.66. The number of carbonyl (C=O) groups is 2. The number of benzene rings is 4. The van der Waals surface area contributed by atoms with Gasteiger partial charge in [0.25, 0.3) is 0 Å². The first-order chi connectivity index (χ1) is 18.6. The molecule has 4 aromatic carbocycles. The topological polar surface area (TPSA) is 73.9 Å². The molecule has 0 fully saturated rings. The van der Waals surface area contributed by atoms with E-state index in [9.17, 15) is 9.59 Å². The van der Waals surface area contributed by atoms with E-state index in [2.05, 4.69) is 41.7 Å². The van der Waals surface area contributed by atoms with E-state index in [0.29, 0.717) is 23.5 Å². The van der Waals surface area contributed by atoms with E-state index in [4.69, 9.17) is 14.2 Å². The molecule has 0 unspecified atom stereocenters. The predicted octanol–water partition coefficient (Wildman–Crippen LogP) is 5.93. The molecule has 188 valence electrons. The number of hydrogen-bond donors (Lipinski definition) is 1. The lowest BCUT2D eigenvalue weighted by Crippen LogP contribution is -2.40. The van der Waals surface area contributed by atoms with Crippen LogP contribution < -0.4 is 14.8 Å². The van der Waals surface area contributed by atoms with E-state index in [-0.39, 0.29) is 18.5 Å². The van der Waals surface area contributed by atoms with E-state index in [0.717, 1.165) is 38.8 Å². The summed E-state index contributed by atoms with van der Waals surface area (Å²) in [5.74, 6) is -1.15. The van der Waals surface area contributed by atoms with Crippen molar-refractivity contribution in [3.05, 3.63) is 113 Å². The fraction of sp³-hybridized carbons (Fsp3) is 0.188. The molecule has 0 amide bonds. The van der Waals surface area contributed by atoms with E-state index >= 15 is 0 Å². The molecule has 6 nitrogen and oxygen atoms in total. The van der Waals surface area contributed by atoms with Crippen LogP contribution in [0.4, 0.5) is 5.69 Å². The standard InChI is InChI=1S/C32H25NO5/c1-36-32(35)29-22(20-12-14-25-26(15-20)38-17-37-25)16-24-30(31(29)34)27(19-8-3-2-4-9-19)28-21-10-6-5-7-18(21)11-13-23(28)33-24/h2-15,22,27,29,33H,16-17H2,1H3/t22-,27+,29+/m1/s1. The zero-order valence-electron chi connectivity index (χ0n) is 20.8. The number of rotatable bonds is 3. The van der Waals surface area contributed by atoms with Gasteiger partial charge >= 0.3 is 5.97 Å². The average molecular weight is 504 g/mol. The molecule has 0 spiro atoms. The summed E-state index contributed by atoms with van der Waals surface area (Å²) in [4.78, 5) is 27.7. The molecule has 7 rings (SSSR count). The summed E-state index contributed by atoms with van der Waals surface area (Å²) in [6.07, 6.45) is 0.482. The highest BCUT2D eigenvalue weighted by Crippen LogP contribution is 2.52. The number of ketones is 1. The zero-order chi connectivity index (χ0) is 25.8. The number of esters is 1.